The normalized spacial score (nSPS) is 10.1. The van der Waals surface area contributed by atoms with Crippen molar-refractivity contribution in [3.05, 3.63) is 57.9 Å². The first-order chi connectivity index (χ1) is 10.6. The van der Waals surface area contributed by atoms with E-state index in [0.717, 1.165) is 9.26 Å². The Labute approximate surface area is 142 Å². The van der Waals surface area contributed by atoms with E-state index >= 15 is 0 Å². The molecule has 0 spiro atoms. The van der Waals surface area contributed by atoms with Crippen LogP contribution in [0.5, 0.6) is 5.75 Å². The number of rotatable bonds is 5. The van der Waals surface area contributed by atoms with Gasteiger partial charge in [-0.2, -0.15) is 0 Å². The van der Waals surface area contributed by atoms with Gasteiger partial charge in [-0.05, 0) is 59.0 Å². The molecular formula is C16H16FIN2O2. The van der Waals surface area contributed by atoms with Gasteiger partial charge in [-0.3, -0.25) is 0 Å². The van der Waals surface area contributed by atoms with Crippen LogP contribution in [0.15, 0.2) is 48.5 Å². The van der Waals surface area contributed by atoms with Crippen LogP contribution in [-0.4, -0.2) is 31.1 Å². The molecule has 2 amide bonds. The summed E-state index contributed by atoms with van der Waals surface area (Å²) in [5.41, 5.74) is 0.729. The van der Waals surface area contributed by atoms with E-state index in [1.165, 1.54) is 11.0 Å². The summed E-state index contributed by atoms with van der Waals surface area (Å²) >= 11 is 2.20. The number of hydrogen-bond donors (Lipinski definition) is 1. The Bertz CT molecular complexity index is 634. The minimum Gasteiger partial charge on any atom is -0.489 e. The molecule has 0 aliphatic rings. The molecule has 0 aliphatic heterocycles. The number of hydrogen-bond acceptors (Lipinski definition) is 2. The lowest BCUT2D eigenvalue weighted by Crippen LogP contribution is -2.34. The van der Waals surface area contributed by atoms with Crippen molar-refractivity contribution < 1.29 is 13.9 Å². The van der Waals surface area contributed by atoms with E-state index in [1.54, 1.807) is 25.2 Å². The van der Waals surface area contributed by atoms with E-state index < -0.39 is 5.82 Å². The van der Waals surface area contributed by atoms with Crippen LogP contribution in [0.4, 0.5) is 14.9 Å². The number of likely N-dealkylation sites (N-methyl/N-ethyl adjacent to an activating group) is 1. The number of nitrogens with zero attached hydrogens (tertiary/aromatic N) is 1. The molecule has 116 valence electrons. The molecule has 0 aliphatic carbocycles. The molecule has 4 nitrogen and oxygen atoms in total. The molecule has 1 N–H and O–H groups in total. The predicted octanol–water partition coefficient (Wildman–Crippen LogP) is 3.97. The van der Waals surface area contributed by atoms with Gasteiger partial charge in [-0.15, -0.1) is 0 Å². The summed E-state index contributed by atoms with van der Waals surface area (Å²) < 4.78 is 19.8. The van der Waals surface area contributed by atoms with E-state index in [4.69, 9.17) is 4.74 Å². The highest BCUT2D eigenvalue weighted by Crippen LogP contribution is 2.15. The molecule has 0 unspecified atom stereocenters. The Hall–Kier alpha value is -1.83. The van der Waals surface area contributed by atoms with Crippen LogP contribution in [-0.2, 0) is 0 Å². The fourth-order valence-electron chi connectivity index (χ4n) is 1.71. The van der Waals surface area contributed by atoms with Crippen LogP contribution < -0.4 is 10.1 Å². The zero-order valence-corrected chi connectivity index (χ0v) is 14.2. The van der Waals surface area contributed by atoms with Gasteiger partial charge in [-0.25, -0.2) is 9.18 Å². The highest BCUT2D eigenvalue weighted by atomic mass is 127. The SMILES string of the molecule is CN(CCOc1ccccc1F)C(=O)Nc1ccc(I)cc1. The van der Waals surface area contributed by atoms with Gasteiger partial charge < -0.3 is 15.0 Å². The Morgan fingerprint density at radius 2 is 1.91 bits per heavy atom. The number of benzene rings is 2. The van der Waals surface area contributed by atoms with Crippen LogP contribution in [0, 0.1) is 9.39 Å². The van der Waals surface area contributed by atoms with Crippen molar-refractivity contribution in [3.63, 3.8) is 0 Å². The van der Waals surface area contributed by atoms with Gasteiger partial charge in [0, 0.05) is 16.3 Å². The Morgan fingerprint density at radius 3 is 2.59 bits per heavy atom. The van der Waals surface area contributed by atoms with E-state index in [9.17, 15) is 9.18 Å². The molecule has 2 aromatic rings. The third-order valence-corrected chi connectivity index (χ3v) is 3.68. The maximum absolute atomic E-state index is 13.4. The Kier molecular flexibility index (Phi) is 6.00. The number of anilines is 1. The topological polar surface area (TPSA) is 41.6 Å². The summed E-state index contributed by atoms with van der Waals surface area (Å²) in [4.78, 5) is 13.5. The fraction of sp³-hybridized carbons (Fsp3) is 0.188. The summed E-state index contributed by atoms with van der Waals surface area (Å²) in [5, 5.41) is 2.78. The minimum atomic E-state index is -0.409. The minimum absolute atomic E-state index is 0.189. The van der Waals surface area contributed by atoms with Gasteiger partial charge in [0.15, 0.2) is 11.6 Å². The number of amides is 2. The Morgan fingerprint density at radius 1 is 1.23 bits per heavy atom. The van der Waals surface area contributed by atoms with Crippen molar-refractivity contribution in [1.82, 2.24) is 4.90 Å². The third-order valence-electron chi connectivity index (χ3n) is 2.96. The number of nitrogens with one attached hydrogen (secondary N) is 1. The average Bonchev–Trinajstić information content (AvgIpc) is 2.51. The van der Waals surface area contributed by atoms with E-state index in [1.807, 2.05) is 24.3 Å². The highest BCUT2D eigenvalue weighted by molar-refractivity contribution is 14.1. The largest absolute Gasteiger partial charge is 0.489 e. The van der Waals surface area contributed by atoms with Crippen molar-refractivity contribution in [2.24, 2.45) is 0 Å². The first-order valence-corrected chi connectivity index (χ1v) is 7.79. The van der Waals surface area contributed by atoms with Crippen molar-refractivity contribution in [3.8, 4) is 5.75 Å². The van der Waals surface area contributed by atoms with Gasteiger partial charge in [0.1, 0.15) is 6.61 Å². The molecule has 0 heterocycles. The summed E-state index contributed by atoms with van der Waals surface area (Å²) in [7, 11) is 1.66. The summed E-state index contributed by atoms with van der Waals surface area (Å²) in [5.74, 6) is -0.220. The molecule has 0 saturated heterocycles. The van der Waals surface area contributed by atoms with Gasteiger partial charge in [0.25, 0.3) is 0 Å². The lowest BCUT2D eigenvalue weighted by molar-refractivity contribution is 0.206. The number of urea groups is 1. The molecule has 0 aromatic heterocycles. The molecule has 0 saturated carbocycles. The number of halogens is 2. The third kappa shape index (κ3) is 4.87. The molecule has 22 heavy (non-hydrogen) atoms. The predicted molar refractivity (Wildman–Crippen MR) is 92.7 cm³/mol. The van der Waals surface area contributed by atoms with Gasteiger partial charge in [-0.1, -0.05) is 12.1 Å². The monoisotopic (exact) mass is 414 g/mol. The number of ether oxygens (including phenoxy) is 1. The van der Waals surface area contributed by atoms with Crippen molar-refractivity contribution in [2.45, 2.75) is 0 Å². The second-order valence-electron chi connectivity index (χ2n) is 4.64. The zero-order chi connectivity index (χ0) is 15.9. The molecule has 0 radical (unpaired) electrons. The van der Waals surface area contributed by atoms with Crippen LogP contribution in [0.2, 0.25) is 0 Å². The van der Waals surface area contributed by atoms with E-state index in [0.29, 0.717) is 6.54 Å². The molecule has 0 atom stereocenters. The lowest BCUT2D eigenvalue weighted by Gasteiger charge is -2.18. The van der Waals surface area contributed by atoms with Gasteiger partial charge in [0.05, 0.1) is 6.54 Å². The van der Waals surface area contributed by atoms with Crippen molar-refractivity contribution in [1.29, 1.82) is 0 Å². The van der Waals surface area contributed by atoms with Gasteiger partial charge >= 0.3 is 6.03 Å². The maximum atomic E-state index is 13.4. The van der Waals surface area contributed by atoms with E-state index in [-0.39, 0.29) is 18.4 Å². The zero-order valence-electron chi connectivity index (χ0n) is 12.1. The second kappa shape index (κ2) is 7.98. The molecule has 6 heteroatoms. The molecule has 0 bridgehead atoms. The quantitative estimate of drug-likeness (QED) is 0.753. The molecule has 0 fully saturated rings. The van der Waals surface area contributed by atoms with E-state index in [2.05, 4.69) is 27.9 Å². The summed E-state index contributed by atoms with van der Waals surface area (Å²) in [6.07, 6.45) is 0. The maximum Gasteiger partial charge on any atom is 0.321 e. The van der Waals surface area contributed by atoms with Crippen LogP contribution in [0.3, 0.4) is 0 Å². The fourth-order valence-corrected chi connectivity index (χ4v) is 2.07. The van der Waals surface area contributed by atoms with Crippen LogP contribution in [0.1, 0.15) is 0 Å². The van der Waals surface area contributed by atoms with Crippen LogP contribution >= 0.6 is 22.6 Å². The summed E-state index contributed by atoms with van der Waals surface area (Å²) in [6, 6.07) is 13.5. The molecule has 2 aromatic carbocycles. The smallest absolute Gasteiger partial charge is 0.321 e. The number of para-hydroxylation sites is 1. The van der Waals surface area contributed by atoms with Crippen LogP contribution in [0.25, 0.3) is 0 Å². The lowest BCUT2D eigenvalue weighted by atomic mass is 10.3. The second-order valence-corrected chi connectivity index (χ2v) is 5.88. The highest BCUT2D eigenvalue weighted by Gasteiger charge is 2.09. The first-order valence-electron chi connectivity index (χ1n) is 6.71. The average molecular weight is 414 g/mol. The first kappa shape index (κ1) is 16.5. The van der Waals surface area contributed by atoms with Gasteiger partial charge in [0.2, 0.25) is 0 Å². The molecule has 2 rings (SSSR count). The molecular weight excluding hydrogens is 398 g/mol. The van der Waals surface area contributed by atoms with Crippen molar-refractivity contribution >= 4 is 34.3 Å². The Balaban J connectivity index is 1.79. The number of carbonyl (C=O) groups excluding carboxylic acids is 1. The standard InChI is InChI=1S/C16H16FIN2O2/c1-20(10-11-22-15-5-3-2-4-14(15)17)16(21)19-13-8-6-12(18)7-9-13/h2-9H,10-11H2,1H3,(H,19,21). The number of carbonyl (C=O) groups is 1. The summed E-state index contributed by atoms with van der Waals surface area (Å²) in [6.45, 7) is 0.572. The van der Waals surface area contributed by atoms with Crippen molar-refractivity contribution in [2.75, 3.05) is 25.5 Å².